The highest BCUT2D eigenvalue weighted by Crippen LogP contribution is 2.33. The van der Waals surface area contributed by atoms with Crippen LogP contribution in [0.4, 0.5) is 0 Å². The SMILES string of the molecule is C/C(=N\NC(=S)N1CC2CCC(CC2)C1)c1cccc(C)n1. The van der Waals surface area contributed by atoms with E-state index in [-0.39, 0.29) is 0 Å². The summed E-state index contributed by atoms with van der Waals surface area (Å²) in [6.07, 6.45) is 5.44. The highest BCUT2D eigenvalue weighted by Gasteiger charge is 2.30. The van der Waals surface area contributed by atoms with Crippen molar-refractivity contribution in [3.63, 3.8) is 0 Å². The van der Waals surface area contributed by atoms with Gasteiger partial charge >= 0.3 is 0 Å². The van der Waals surface area contributed by atoms with Crippen molar-refractivity contribution < 1.29 is 0 Å². The third kappa shape index (κ3) is 3.64. The number of fused-ring (bicyclic) bond motifs is 4. The van der Waals surface area contributed by atoms with Crippen molar-refractivity contribution in [3.8, 4) is 0 Å². The Morgan fingerprint density at radius 2 is 1.86 bits per heavy atom. The Hall–Kier alpha value is -1.49. The highest BCUT2D eigenvalue weighted by atomic mass is 32.1. The molecule has 0 amide bonds. The molecule has 3 heterocycles. The van der Waals surface area contributed by atoms with Crippen molar-refractivity contribution >= 4 is 23.0 Å². The van der Waals surface area contributed by atoms with Crippen LogP contribution in [0.2, 0.25) is 0 Å². The molecule has 0 spiro atoms. The third-order valence-electron chi connectivity index (χ3n) is 4.79. The fourth-order valence-electron chi connectivity index (χ4n) is 3.46. The van der Waals surface area contributed by atoms with Gasteiger partial charge in [0.2, 0.25) is 0 Å². The van der Waals surface area contributed by atoms with E-state index in [1.165, 1.54) is 25.7 Å². The summed E-state index contributed by atoms with van der Waals surface area (Å²) in [6.45, 7) is 6.12. The van der Waals surface area contributed by atoms with E-state index in [1.54, 1.807) is 0 Å². The van der Waals surface area contributed by atoms with E-state index in [0.717, 1.165) is 47.1 Å². The number of rotatable bonds is 2. The predicted octanol–water partition coefficient (Wildman–Crippen LogP) is 3.11. The lowest BCUT2D eigenvalue weighted by molar-refractivity contribution is 0.326. The Labute approximate surface area is 138 Å². The van der Waals surface area contributed by atoms with Gasteiger partial charge in [-0.3, -0.25) is 10.4 Å². The van der Waals surface area contributed by atoms with Crippen molar-refractivity contribution in [2.24, 2.45) is 16.9 Å². The van der Waals surface area contributed by atoms with Crippen molar-refractivity contribution in [2.45, 2.75) is 39.5 Å². The Balaban J connectivity index is 1.63. The molecule has 3 fully saturated rings. The molecule has 1 aromatic heterocycles. The van der Waals surface area contributed by atoms with Gasteiger partial charge in [0.05, 0.1) is 11.4 Å². The summed E-state index contributed by atoms with van der Waals surface area (Å²) >= 11 is 5.55. The first-order valence-electron chi connectivity index (χ1n) is 8.15. The minimum Gasteiger partial charge on any atom is -0.347 e. The van der Waals surface area contributed by atoms with E-state index in [4.69, 9.17) is 12.2 Å². The molecule has 2 aliphatic heterocycles. The van der Waals surface area contributed by atoms with Gasteiger partial charge in [-0.05, 0) is 75.7 Å². The molecule has 2 bridgehead atoms. The van der Waals surface area contributed by atoms with E-state index in [9.17, 15) is 0 Å². The van der Waals surface area contributed by atoms with Crippen LogP contribution >= 0.6 is 12.2 Å². The minimum absolute atomic E-state index is 0.755. The van der Waals surface area contributed by atoms with Gasteiger partial charge in [-0.2, -0.15) is 5.10 Å². The van der Waals surface area contributed by atoms with Gasteiger partial charge in [-0.1, -0.05) is 6.07 Å². The lowest BCUT2D eigenvalue weighted by Crippen LogP contribution is -2.40. The number of aromatic nitrogens is 1. The number of nitrogens with one attached hydrogen (secondary N) is 1. The van der Waals surface area contributed by atoms with Gasteiger partial charge in [-0.15, -0.1) is 0 Å². The van der Waals surface area contributed by atoms with E-state index in [0.29, 0.717) is 0 Å². The van der Waals surface area contributed by atoms with Crippen molar-refractivity contribution in [1.29, 1.82) is 0 Å². The van der Waals surface area contributed by atoms with E-state index in [2.05, 4.69) is 20.4 Å². The average Bonchev–Trinajstić information content (AvgIpc) is 2.86. The summed E-state index contributed by atoms with van der Waals surface area (Å²) in [5, 5.41) is 5.19. The van der Waals surface area contributed by atoms with Gasteiger partial charge in [0.1, 0.15) is 0 Å². The first-order chi connectivity index (χ1) is 10.6. The fourth-order valence-corrected chi connectivity index (χ4v) is 3.66. The molecule has 4 nitrogen and oxygen atoms in total. The topological polar surface area (TPSA) is 40.5 Å². The zero-order chi connectivity index (χ0) is 15.5. The number of aryl methyl sites for hydroxylation is 1. The Bertz CT molecular complexity index is 562. The molecule has 1 aliphatic carbocycles. The van der Waals surface area contributed by atoms with Crippen LogP contribution in [0.3, 0.4) is 0 Å². The summed E-state index contributed by atoms with van der Waals surface area (Å²) in [4.78, 5) is 6.80. The number of pyridine rings is 1. The summed E-state index contributed by atoms with van der Waals surface area (Å²) in [7, 11) is 0. The molecule has 0 aromatic carbocycles. The van der Waals surface area contributed by atoms with Crippen LogP contribution < -0.4 is 5.43 Å². The standard InChI is InChI=1S/C17H24N4S/c1-12-4-3-5-16(18-12)13(2)19-20-17(22)21-10-14-6-7-15(11-21)9-8-14/h3-5,14-15H,6-11H2,1-2H3,(H,20,22)/b19-13+. The number of hydrogen-bond acceptors (Lipinski definition) is 3. The maximum Gasteiger partial charge on any atom is 0.189 e. The lowest BCUT2D eigenvalue weighted by Gasteiger charge is -2.24. The maximum atomic E-state index is 5.55. The van der Waals surface area contributed by atoms with Crippen LogP contribution in [0, 0.1) is 18.8 Å². The molecule has 4 rings (SSSR count). The average molecular weight is 316 g/mol. The molecule has 0 radical (unpaired) electrons. The molecule has 3 aliphatic rings. The Morgan fingerprint density at radius 3 is 2.45 bits per heavy atom. The van der Waals surface area contributed by atoms with Crippen LogP contribution in [0.1, 0.15) is 44.0 Å². The zero-order valence-electron chi connectivity index (χ0n) is 13.4. The van der Waals surface area contributed by atoms with E-state index >= 15 is 0 Å². The lowest BCUT2D eigenvalue weighted by atomic mass is 9.84. The van der Waals surface area contributed by atoms with Gasteiger partial charge in [0.25, 0.3) is 0 Å². The Morgan fingerprint density at radius 1 is 1.23 bits per heavy atom. The fraction of sp³-hybridized carbons (Fsp3) is 0.588. The Kier molecular flexibility index (Phi) is 4.71. The van der Waals surface area contributed by atoms with Crippen LogP contribution in [0.5, 0.6) is 0 Å². The molecule has 0 unspecified atom stereocenters. The second-order valence-corrected chi connectivity index (χ2v) is 6.96. The minimum atomic E-state index is 0.755. The molecule has 118 valence electrons. The molecular weight excluding hydrogens is 292 g/mol. The largest absolute Gasteiger partial charge is 0.347 e. The molecule has 5 heteroatoms. The second-order valence-electron chi connectivity index (χ2n) is 6.57. The second kappa shape index (κ2) is 6.73. The smallest absolute Gasteiger partial charge is 0.189 e. The summed E-state index contributed by atoms with van der Waals surface area (Å²) < 4.78 is 0. The van der Waals surface area contributed by atoms with Gasteiger partial charge in [0, 0.05) is 18.8 Å². The molecule has 22 heavy (non-hydrogen) atoms. The van der Waals surface area contributed by atoms with Crippen molar-refractivity contribution in [3.05, 3.63) is 29.6 Å². The van der Waals surface area contributed by atoms with Gasteiger partial charge in [-0.25, -0.2) is 0 Å². The zero-order valence-corrected chi connectivity index (χ0v) is 14.2. The predicted molar refractivity (Wildman–Crippen MR) is 93.9 cm³/mol. The van der Waals surface area contributed by atoms with Crippen LogP contribution in [0.25, 0.3) is 0 Å². The summed E-state index contributed by atoms with van der Waals surface area (Å²) in [6, 6.07) is 5.96. The summed E-state index contributed by atoms with van der Waals surface area (Å²) in [5.74, 6) is 1.61. The van der Waals surface area contributed by atoms with Crippen LogP contribution in [-0.4, -0.2) is 33.8 Å². The molecule has 1 aromatic rings. The van der Waals surface area contributed by atoms with E-state index < -0.39 is 0 Å². The van der Waals surface area contributed by atoms with Gasteiger partial charge < -0.3 is 4.90 Å². The first kappa shape index (κ1) is 15.4. The molecular formula is C17H24N4S. The van der Waals surface area contributed by atoms with Crippen LogP contribution in [0.15, 0.2) is 23.3 Å². The maximum absolute atomic E-state index is 5.55. The number of hydrogen-bond donors (Lipinski definition) is 1. The highest BCUT2D eigenvalue weighted by molar-refractivity contribution is 7.80. The van der Waals surface area contributed by atoms with Crippen LogP contribution in [-0.2, 0) is 0 Å². The number of hydrazone groups is 1. The monoisotopic (exact) mass is 316 g/mol. The van der Waals surface area contributed by atoms with Crippen molar-refractivity contribution in [1.82, 2.24) is 15.3 Å². The van der Waals surface area contributed by atoms with Crippen molar-refractivity contribution in [2.75, 3.05) is 13.1 Å². The molecule has 2 saturated heterocycles. The summed E-state index contributed by atoms with van der Waals surface area (Å²) in [5.41, 5.74) is 5.83. The first-order valence-corrected chi connectivity index (χ1v) is 8.56. The molecule has 1 saturated carbocycles. The molecule has 0 atom stereocenters. The normalized spacial score (nSPS) is 25.0. The molecule has 1 N–H and O–H groups in total. The van der Waals surface area contributed by atoms with Gasteiger partial charge in [0.15, 0.2) is 5.11 Å². The van der Waals surface area contributed by atoms with E-state index in [1.807, 2.05) is 32.0 Å². The third-order valence-corrected chi connectivity index (χ3v) is 5.14. The quantitative estimate of drug-likeness (QED) is 0.517. The number of nitrogens with zero attached hydrogens (tertiary/aromatic N) is 3. The number of thiocarbonyl (C=S) groups is 1.